The molecule has 0 heterocycles. The number of sulfonamides is 1. The molecule has 0 fully saturated rings. The highest BCUT2D eigenvalue weighted by molar-refractivity contribution is 7.92. The average Bonchev–Trinajstić information content (AvgIpc) is 2.35. The van der Waals surface area contributed by atoms with E-state index in [0.29, 0.717) is 0 Å². The molecule has 2 aromatic rings. The van der Waals surface area contributed by atoms with Crippen molar-refractivity contribution in [2.45, 2.75) is 11.8 Å². The number of rotatable bonds is 3. The van der Waals surface area contributed by atoms with Crippen LogP contribution >= 0.6 is 0 Å². The standard InChI is InChI=1S/C13H12FNO3S/c1-9-10(14)5-4-6-11(9)15-19(17,18)13-8-3-2-7-12(13)16/h2-8,15-16H,1H3. The number of para-hydroxylation sites is 1. The molecule has 0 bridgehead atoms. The van der Waals surface area contributed by atoms with E-state index in [9.17, 15) is 17.9 Å². The maximum Gasteiger partial charge on any atom is 0.265 e. The second-order valence-corrected chi connectivity index (χ2v) is 5.64. The summed E-state index contributed by atoms with van der Waals surface area (Å²) < 4.78 is 39.8. The van der Waals surface area contributed by atoms with Gasteiger partial charge in [0, 0.05) is 5.56 Å². The number of phenols is 1. The van der Waals surface area contributed by atoms with Crippen LogP contribution in [0.2, 0.25) is 0 Å². The molecule has 0 amide bonds. The zero-order chi connectivity index (χ0) is 14.0. The lowest BCUT2D eigenvalue weighted by Crippen LogP contribution is -2.14. The quantitative estimate of drug-likeness (QED) is 0.909. The van der Waals surface area contributed by atoms with Gasteiger partial charge in [0.1, 0.15) is 16.5 Å². The van der Waals surface area contributed by atoms with Gasteiger partial charge in [-0.05, 0) is 31.2 Å². The third-order valence-electron chi connectivity index (χ3n) is 2.67. The van der Waals surface area contributed by atoms with Gasteiger partial charge in [0.25, 0.3) is 10.0 Å². The minimum absolute atomic E-state index is 0.142. The van der Waals surface area contributed by atoms with Crippen LogP contribution < -0.4 is 4.72 Å². The number of hydrogen-bond acceptors (Lipinski definition) is 3. The molecule has 0 atom stereocenters. The minimum atomic E-state index is -3.95. The summed E-state index contributed by atoms with van der Waals surface area (Å²) in [4.78, 5) is -0.251. The number of nitrogens with one attached hydrogen (secondary N) is 1. The zero-order valence-corrected chi connectivity index (χ0v) is 10.9. The maximum atomic E-state index is 13.4. The van der Waals surface area contributed by atoms with Gasteiger partial charge in [-0.3, -0.25) is 4.72 Å². The fourth-order valence-corrected chi connectivity index (χ4v) is 2.82. The van der Waals surface area contributed by atoms with E-state index < -0.39 is 15.8 Å². The van der Waals surface area contributed by atoms with Gasteiger partial charge in [-0.2, -0.15) is 0 Å². The van der Waals surface area contributed by atoms with E-state index in [1.807, 2.05) is 0 Å². The lowest BCUT2D eigenvalue weighted by molar-refractivity contribution is 0.459. The molecule has 0 spiro atoms. The first kappa shape index (κ1) is 13.4. The highest BCUT2D eigenvalue weighted by atomic mass is 32.2. The summed E-state index contributed by atoms with van der Waals surface area (Å²) in [6.45, 7) is 1.47. The second kappa shape index (κ2) is 4.89. The van der Waals surface area contributed by atoms with Crippen molar-refractivity contribution in [3.8, 4) is 5.75 Å². The van der Waals surface area contributed by atoms with Crippen molar-refractivity contribution in [1.82, 2.24) is 0 Å². The van der Waals surface area contributed by atoms with Crippen LogP contribution in [-0.2, 0) is 10.0 Å². The number of aromatic hydroxyl groups is 1. The van der Waals surface area contributed by atoms with E-state index in [1.165, 1.54) is 49.4 Å². The summed E-state index contributed by atoms with van der Waals surface area (Å²) in [5, 5.41) is 9.55. The van der Waals surface area contributed by atoms with Crippen molar-refractivity contribution >= 4 is 15.7 Å². The first-order valence-electron chi connectivity index (χ1n) is 5.48. The van der Waals surface area contributed by atoms with E-state index in [1.54, 1.807) is 0 Å². The fourth-order valence-electron chi connectivity index (χ4n) is 1.60. The summed E-state index contributed by atoms with van der Waals surface area (Å²) in [5.74, 6) is -0.860. The Hall–Kier alpha value is -2.08. The average molecular weight is 281 g/mol. The molecular formula is C13H12FNO3S. The van der Waals surface area contributed by atoms with Crippen molar-refractivity contribution in [2.24, 2.45) is 0 Å². The van der Waals surface area contributed by atoms with Gasteiger partial charge < -0.3 is 5.11 Å². The number of anilines is 1. The molecule has 2 aromatic carbocycles. The molecule has 0 unspecified atom stereocenters. The zero-order valence-electron chi connectivity index (χ0n) is 10.1. The maximum absolute atomic E-state index is 13.4. The Balaban J connectivity index is 2.43. The molecule has 0 radical (unpaired) electrons. The number of halogens is 1. The van der Waals surface area contributed by atoms with Crippen molar-refractivity contribution in [3.63, 3.8) is 0 Å². The molecular weight excluding hydrogens is 269 g/mol. The molecule has 0 aromatic heterocycles. The second-order valence-electron chi connectivity index (χ2n) is 3.99. The number of hydrogen-bond donors (Lipinski definition) is 2. The Morgan fingerprint density at radius 2 is 1.79 bits per heavy atom. The smallest absolute Gasteiger partial charge is 0.265 e. The summed E-state index contributed by atoms with van der Waals surface area (Å²) in [7, 11) is -3.95. The van der Waals surface area contributed by atoms with Gasteiger partial charge in [0.2, 0.25) is 0 Å². The SMILES string of the molecule is Cc1c(F)cccc1NS(=O)(=O)c1ccccc1O. The van der Waals surface area contributed by atoms with Crippen LogP contribution in [0.3, 0.4) is 0 Å². The van der Waals surface area contributed by atoms with E-state index in [4.69, 9.17) is 0 Å². The van der Waals surface area contributed by atoms with Crippen molar-refractivity contribution < 1.29 is 17.9 Å². The van der Waals surface area contributed by atoms with Crippen LogP contribution in [0, 0.1) is 12.7 Å². The Morgan fingerprint density at radius 3 is 2.47 bits per heavy atom. The molecule has 19 heavy (non-hydrogen) atoms. The number of benzene rings is 2. The lowest BCUT2D eigenvalue weighted by Gasteiger charge is -2.11. The minimum Gasteiger partial charge on any atom is -0.507 e. The molecule has 100 valence electrons. The highest BCUT2D eigenvalue weighted by Crippen LogP contribution is 2.26. The summed E-state index contributed by atoms with van der Waals surface area (Å²) in [5.41, 5.74) is 0.338. The topological polar surface area (TPSA) is 66.4 Å². The van der Waals surface area contributed by atoms with E-state index >= 15 is 0 Å². The van der Waals surface area contributed by atoms with Crippen LogP contribution in [0.1, 0.15) is 5.56 Å². The van der Waals surface area contributed by atoms with E-state index in [2.05, 4.69) is 4.72 Å². The lowest BCUT2D eigenvalue weighted by atomic mass is 10.2. The first-order valence-corrected chi connectivity index (χ1v) is 6.96. The van der Waals surface area contributed by atoms with Crippen LogP contribution in [0.25, 0.3) is 0 Å². The van der Waals surface area contributed by atoms with Crippen LogP contribution in [0.15, 0.2) is 47.4 Å². The van der Waals surface area contributed by atoms with Crippen molar-refractivity contribution in [2.75, 3.05) is 4.72 Å². The largest absolute Gasteiger partial charge is 0.507 e. The van der Waals surface area contributed by atoms with Crippen molar-refractivity contribution in [3.05, 3.63) is 53.8 Å². The van der Waals surface area contributed by atoms with E-state index in [0.717, 1.165) is 0 Å². The predicted molar refractivity (Wildman–Crippen MR) is 70.1 cm³/mol. The number of phenolic OH excluding ortho intramolecular Hbond substituents is 1. The van der Waals surface area contributed by atoms with Gasteiger partial charge in [0.15, 0.2) is 0 Å². The third kappa shape index (κ3) is 2.68. The van der Waals surface area contributed by atoms with Crippen LogP contribution in [0.4, 0.5) is 10.1 Å². The van der Waals surface area contributed by atoms with Gasteiger partial charge in [-0.15, -0.1) is 0 Å². The van der Waals surface area contributed by atoms with Gasteiger partial charge in [-0.25, -0.2) is 12.8 Å². The molecule has 4 nitrogen and oxygen atoms in total. The third-order valence-corrected chi connectivity index (χ3v) is 4.08. The first-order chi connectivity index (χ1) is 8.92. The molecule has 2 N–H and O–H groups in total. The Labute approximate surface area is 110 Å². The van der Waals surface area contributed by atoms with Gasteiger partial charge in [0.05, 0.1) is 5.69 Å². The van der Waals surface area contributed by atoms with Crippen LogP contribution in [0.5, 0.6) is 5.75 Å². The molecule has 0 aliphatic heterocycles. The summed E-state index contributed by atoms with van der Waals surface area (Å²) in [6.07, 6.45) is 0. The molecule has 2 rings (SSSR count). The Kier molecular flexibility index (Phi) is 3.44. The molecule has 0 saturated heterocycles. The molecule has 6 heteroatoms. The van der Waals surface area contributed by atoms with Gasteiger partial charge in [-0.1, -0.05) is 18.2 Å². The summed E-state index contributed by atoms with van der Waals surface area (Å²) in [6, 6.07) is 9.65. The predicted octanol–water partition coefficient (Wildman–Crippen LogP) is 2.64. The highest BCUT2D eigenvalue weighted by Gasteiger charge is 2.19. The Bertz CT molecular complexity index is 714. The summed E-state index contributed by atoms with van der Waals surface area (Å²) >= 11 is 0. The van der Waals surface area contributed by atoms with Crippen LogP contribution in [-0.4, -0.2) is 13.5 Å². The molecule has 0 aliphatic carbocycles. The van der Waals surface area contributed by atoms with Gasteiger partial charge >= 0.3 is 0 Å². The van der Waals surface area contributed by atoms with E-state index in [-0.39, 0.29) is 21.9 Å². The molecule has 0 saturated carbocycles. The molecule has 0 aliphatic rings. The monoisotopic (exact) mass is 281 g/mol. The van der Waals surface area contributed by atoms with Crippen molar-refractivity contribution in [1.29, 1.82) is 0 Å². The fraction of sp³-hybridized carbons (Fsp3) is 0.0769. The normalized spacial score (nSPS) is 11.3. The Morgan fingerprint density at radius 1 is 1.11 bits per heavy atom.